The fraction of sp³-hybridized carbons (Fsp3) is 0.286. The van der Waals surface area contributed by atoms with Gasteiger partial charge in [-0.2, -0.15) is 0 Å². The van der Waals surface area contributed by atoms with Crippen LogP contribution in [-0.2, 0) is 9.59 Å². The lowest BCUT2D eigenvalue weighted by molar-refractivity contribution is -0.135. The molecule has 1 atom stereocenters. The van der Waals surface area contributed by atoms with Gasteiger partial charge in [0.25, 0.3) is 5.56 Å². The number of benzene rings is 1. The quantitative estimate of drug-likeness (QED) is 0.578. The summed E-state index contributed by atoms with van der Waals surface area (Å²) in [7, 11) is 0. The number of carbonyl (C=O) groups excluding carboxylic acids is 2. The Morgan fingerprint density at radius 1 is 1.43 bits per heavy atom. The number of nitrogens with two attached hydrogens (primary N) is 1. The van der Waals surface area contributed by atoms with E-state index in [4.69, 9.17) is 7.10 Å². The lowest BCUT2D eigenvalue weighted by Gasteiger charge is -2.24. The monoisotopic (exact) mass is 287 g/mol. The smallest absolute Gasteiger partial charge is 0.262 e. The fourth-order valence-corrected chi connectivity index (χ4v) is 2.45. The Kier molecular flexibility index (Phi) is 2.70. The second kappa shape index (κ2) is 4.69. The highest BCUT2D eigenvalue weighted by Crippen LogP contribution is 2.20. The number of nitrogen functional groups attached to an aromatic ring is 1. The van der Waals surface area contributed by atoms with Gasteiger partial charge in [0, 0.05) is 12.1 Å². The number of hydrogen-bond acceptors (Lipinski definition) is 5. The number of aromatic nitrogens is 2. The Morgan fingerprint density at radius 2 is 2.19 bits per heavy atom. The molecule has 2 amide bonds. The molecule has 0 spiro atoms. The highest BCUT2D eigenvalue weighted by molar-refractivity contribution is 5.99. The van der Waals surface area contributed by atoms with Crippen molar-refractivity contribution < 1.29 is 11.0 Å². The molecule has 1 aromatic carbocycles. The first kappa shape index (κ1) is 12.1. The van der Waals surface area contributed by atoms with Crippen LogP contribution in [0.5, 0.6) is 0 Å². The molecule has 0 unspecified atom stereocenters. The van der Waals surface area contributed by atoms with Crippen LogP contribution in [0.25, 0.3) is 10.9 Å². The molecular weight excluding hydrogens is 272 g/mol. The Labute approximate surface area is 121 Å². The lowest BCUT2D eigenvalue weighted by Crippen LogP contribution is -2.45. The molecule has 21 heavy (non-hydrogen) atoms. The zero-order valence-corrected chi connectivity index (χ0v) is 11.3. The number of amides is 2. The van der Waals surface area contributed by atoms with Gasteiger partial charge in [-0.05, 0) is 31.5 Å². The third-order valence-corrected chi connectivity index (χ3v) is 3.43. The van der Waals surface area contributed by atoms with E-state index in [9.17, 15) is 14.4 Å². The summed E-state index contributed by atoms with van der Waals surface area (Å²) in [6.07, 6.45) is -0.0794. The van der Waals surface area contributed by atoms with Gasteiger partial charge in [0.15, 0.2) is 0 Å². The molecule has 7 heteroatoms. The Hall–Kier alpha value is -2.70. The standard InChI is InChI=1S/C14H14N4O3/c1-7-16-10-3-2-8(15)6-9(10)14(21)18(7)11-4-5-12(19)17-13(11)20/h2-3,6,11H,4-5,15H2,1H3,(H,17,19,20)/t11-/m0/s1/i11D. The summed E-state index contributed by atoms with van der Waals surface area (Å²) in [6.45, 7) is 1.55. The maximum Gasteiger partial charge on any atom is 0.262 e. The van der Waals surface area contributed by atoms with Crippen molar-refractivity contribution in [2.24, 2.45) is 0 Å². The van der Waals surface area contributed by atoms with E-state index < -0.39 is 23.4 Å². The van der Waals surface area contributed by atoms with Crippen LogP contribution in [0.15, 0.2) is 23.0 Å². The third kappa shape index (κ3) is 2.16. The van der Waals surface area contributed by atoms with Gasteiger partial charge in [-0.25, -0.2) is 4.98 Å². The first-order valence-corrected chi connectivity index (χ1v) is 6.46. The largest absolute Gasteiger partial charge is 0.399 e. The highest BCUT2D eigenvalue weighted by atomic mass is 16.2. The molecule has 7 nitrogen and oxygen atoms in total. The van der Waals surface area contributed by atoms with E-state index in [-0.39, 0.29) is 24.1 Å². The van der Waals surface area contributed by atoms with Crippen molar-refractivity contribution in [3.8, 4) is 0 Å². The number of nitrogens with zero attached hydrogens (tertiary/aromatic N) is 2. The number of rotatable bonds is 1. The van der Waals surface area contributed by atoms with E-state index in [1.165, 1.54) is 6.07 Å². The van der Waals surface area contributed by atoms with Crippen LogP contribution in [0.4, 0.5) is 5.69 Å². The molecule has 2 aromatic rings. The summed E-state index contributed by atoms with van der Waals surface area (Å²) >= 11 is 0. The van der Waals surface area contributed by atoms with E-state index >= 15 is 0 Å². The molecule has 108 valence electrons. The molecular formula is C14H14N4O3. The molecule has 1 fully saturated rings. The van der Waals surface area contributed by atoms with Crippen LogP contribution in [0.1, 0.15) is 26.1 Å². The van der Waals surface area contributed by atoms with Gasteiger partial charge < -0.3 is 5.73 Å². The zero-order chi connectivity index (χ0) is 16.1. The summed E-state index contributed by atoms with van der Waals surface area (Å²) in [4.78, 5) is 40.4. The van der Waals surface area contributed by atoms with Crippen molar-refractivity contribution in [3.63, 3.8) is 0 Å². The molecule has 1 aromatic heterocycles. The van der Waals surface area contributed by atoms with Gasteiger partial charge >= 0.3 is 0 Å². The molecule has 1 aliphatic heterocycles. The molecule has 1 saturated heterocycles. The normalized spacial score (nSPS) is 23.0. The minimum absolute atomic E-state index is 0.00388. The summed E-state index contributed by atoms with van der Waals surface area (Å²) < 4.78 is 9.42. The van der Waals surface area contributed by atoms with Crippen molar-refractivity contribution in [2.75, 3.05) is 5.73 Å². The SMILES string of the molecule is [2H][C@]1(n2c(C)nc3ccc(N)cc3c2=O)CCC(=O)NC1=O. The third-order valence-electron chi connectivity index (χ3n) is 3.43. The first-order chi connectivity index (χ1) is 10.3. The number of piperidine rings is 1. The van der Waals surface area contributed by atoms with Crippen LogP contribution in [0.2, 0.25) is 0 Å². The zero-order valence-electron chi connectivity index (χ0n) is 12.3. The topological polar surface area (TPSA) is 107 Å². The molecule has 2 heterocycles. The van der Waals surface area contributed by atoms with Gasteiger partial charge in [0.1, 0.15) is 11.8 Å². The summed E-state index contributed by atoms with van der Waals surface area (Å²) in [5.41, 5.74) is 6.01. The molecule has 0 aliphatic carbocycles. The Morgan fingerprint density at radius 3 is 2.90 bits per heavy atom. The van der Waals surface area contributed by atoms with Gasteiger partial charge in [0.2, 0.25) is 11.8 Å². The maximum absolute atomic E-state index is 12.7. The minimum Gasteiger partial charge on any atom is -0.399 e. The van der Waals surface area contributed by atoms with Gasteiger partial charge in [-0.1, -0.05) is 0 Å². The van der Waals surface area contributed by atoms with Crippen LogP contribution in [-0.4, -0.2) is 21.4 Å². The first-order valence-electron chi connectivity index (χ1n) is 6.96. The van der Waals surface area contributed by atoms with Crippen LogP contribution >= 0.6 is 0 Å². The average Bonchev–Trinajstić information content (AvgIpc) is 2.45. The average molecular weight is 287 g/mol. The van der Waals surface area contributed by atoms with Crippen molar-refractivity contribution in [3.05, 3.63) is 34.4 Å². The number of imide groups is 1. The fourth-order valence-electron chi connectivity index (χ4n) is 2.45. The molecule has 3 rings (SSSR count). The number of anilines is 1. The van der Waals surface area contributed by atoms with E-state index in [1.807, 2.05) is 0 Å². The van der Waals surface area contributed by atoms with Crippen LogP contribution < -0.4 is 16.6 Å². The molecule has 0 radical (unpaired) electrons. The Balaban J connectivity index is 2.29. The van der Waals surface area contributed by atoms with Crippen molar-refractivity contribution >= 4 is 28.4 Å². The summed E-state index contributed by atoms with van der Waals surface area (Å²) in [6, 6.07) is 2.82. The number of fused-ring (bicyclic) bond motifs is 1. The predicted molar refractivity (Wildman–Crippen MR) is 76.6 cm³/mol. The van der Waals surface area contributed by atoms with Crippen molar-refractivity contribution in [1.82, 2.24) is 14.9 Å². The number of nitrogens with one attached hydrogen (secondary N) is 1. The minimum atomic E-state index is -1.89. The van der Waals surface area contributed by atoms with Gasteiger partial charge in [-0.15, -0.1) is 0 Å². The number of aryl methyl sites for hydroxylation is 1. The lowest BCUT2D eigenvalue weighted by atomic mass is 10.1. The van der Waals surface area contributed by atoms with Crippen molar-refractivity contribution in [1.29, 1.82) is 0 Å². The van der Waals surface area contributed by atoms with Crippen molar-refractivity contribution in [2.45, 2.75) is 25.8 Å². The predicted octanol–water partition coefficient (Wildman–Crippen LogP) is 0.265. The van der Waals surface area contributed by atoms with Gasteiger partial charge in [0.05, 0.1) is 12.3 Å². The summed E-state index contributed by atoms with van der Waals surface area (Å²) in [5.74, 6) is -1.03. The van der Waals surface area contributed by atoms with Gasteiger partial charge in [-0.3, -0.25) is 24.3 Å². The van der Waals surface area contributed by atoms with E-state index in [0.717, 1.165) is 4.57 Å². The molecule has 3 N–H and O–H groups in total. The number of carbonyl (C=O) groups is 2. The summed E-state index contributed by atoms with van der Waals surface area (Å²) in [5, 5.41) is 2.34. The highest BCUT2D eigenvalue weighted by Gasteiger charge is 2.30. The maximum atomic E-state index is 12.7. The number of hydrogen-bond donors (Lipinski definition) is 2. The molecule has 0 bridgehead atoms. The van der Waals surface area contributed by atoms with E-state index in [2.05, 4.69) is 10.3 Å². The second-order valence-electron chi connectivity index (χ2n) is 4.90. The van der Waals surface area contributed by atoms with Crippen LogP contribution in [0, 0.1) is 6.92 Å². The van der Waals surface area contributed by atoms with E-state index in [1.54, 1.807) is 19.1 Å². The van der Waals surface area contributed by atoms with E-state index in [0.29, 0.717) is 11.2 Å². The molecule has 1 aliphatic rings. The van der Waals surface area contributed by atoms with Crippen LogP contribution in [0.3, 0.4) is 0 Å². The second-order valence-corrected chi connectivity index (χ2v) is 4.90. The Bertz CT molecular complexity index is 876. The molecule has 0 saturated carbocycles.